The lowest BCUT2D eigenvalue weighted by Crippen LogP contribution is -2.11. The van der Waals surface area contributed by atoms with E-state index in [0.717, 1.165) is 17.0 Å². The van der Waals surface area contributed by atoms with E-state index in [1.807, 2.05) is 20.8 Å². The van der Waals surface area contributed by atoms with Crippen molar-refractivity contribution in [3.8, 4) is 11.4 Å². The Labute approximate surface area is 93.3 Å². The molecule has 0 spiro atoms. The fourth-order valence-corrected chi connectivity index (χ4v) is 1.53. The Balaban J connectivity index is 2.58. The number of H-pyrrole nitrogens is 1. The Morgan fingerprint density at radius 1 is 1.44 bits per heavy atom. The Morgan fingerprint density at radius 3 is 2.75 bits per heavy atom. The minimum absolute atomic E-state index is 0.130. The largest absolute Gasteiger partial charge is 0.469 e. The van der Waals surface area contributed by atoms with E-state index in [-0.39, 0.29) is 11.5 Å². The minimum atomic E-state index is -0.130. The second-order valence-corrected chi connectivity index (χ2v) is 4.06. The van der Waals surface area contributed by atoms with E-state index in [1.54, 1.807) is 12.3 Å². The highest BCUT2D eigenvalue weighted by molar-refractivity contribution is 5.56. The highest BCUT2D eigenvalue weighted by Crippen LogP contribution is 2.21. The van der Waals surface area contributed by atoms with Crippen molar-refractivity contribution in [2.24, 2.45) is 0 Å². The predicted molar refractivity (Wildman–Crippen MR) is 61.4 cm³/mol. The molecule has 0 saturated carbocycles. The molecule has 2 aromatic rings. The Morgan fingerprint density at radius 2 is 2.19 bits per heavy atom. The summed E-state index contributed by atoms with van der Waals surface area (Å²) in [6, 6.07) is 3.33. The third-order valence-corrected chi connectivity index (χ3v) is 2.47. The van der Waals surface area contributed by atoms with Crippen LogP contribution in [0.2, 0.25) is 0 Å². The van der Waals surface area contributed by atoms with E-state index in [9.17, 15) is 4.79 Å². The second kappa shape index (κ2) is 3.96. The van der Waals surface area contributed by atoms with Crippen molar-refractivity contribution in [2.45, 2.75) is 26.7 Å². The molecule has 2 aromatic heterocycles. The molecule has 0 bridgehead atoms. The molecule has 0 saturated heterocycles. The Hall–Kier alpha value is -1.84. The molecule has 2 heterocycles. The van der Waals surface area contributed by atoms with Gasteiger partial charge in [-0.15, -0.1) is 0 Å². The van der Waals surface area contributed by atoms with Crippen LogP contribution < -0.4 is 5.56 Å². The van der Waals surface area contributed by atoms with Gasteiger partial charge in [0.25, 0.3) is 5.56 Å². The van der Waals surface area contributed by atoms with Crippen molar-refractivity contribution >= 4 is 0 Å². The maximum absolute atomic E-state index is 11.5. The summed E-state index contributed by atoms with van der Waals surface area (Å²) in [6.07, 6.45) is 1.59. The Kier molecular flexibility index (Phi) is 2.64. The van der Waals surface area contributed by atoms with Crippen molar-refractivity contribution < 1.29 is 4.42 Å². The number of aromatic amines is 1. The molecular weight excluding hydrogens is 204 g/mol. The third-order valence-electron chi connectivity index (χ3n) is 2.47. The van der Waals surface area contributed by atoms with Gasteiger partial charge in [0, 0.05) is 6.07 Å². The molecule has 84 valence electrons. The molecule has 0 amide bonds. The predicted octanol–water partition coefficient (Wildman–Crippen LogP) is 2.46. The fourth-order valence-electron chi connectivity index (χ4n) is 1.53. The van der Waals surface area contributed by atoms with E-state index in [4.69, 9.17) is 4.42 Å². The molecule has 0 aromatic carbocycles. The fraction of sp³-hybridized carbons (Fsp3) is 0.333. The van der Waals surface area contributed by atoms with Gasteiger partial charge in [-0.3, -0.25) is 4.79 Å². The van der Waals surface area contributed by atoms with E-state index in [0.29, 0.717) is 5.82 Å². The molecule has 1 N–H and O–H groups in total. The van der Waals surface area contributed by atoms with Crippen LogP contribution in [0.4, 0.5) is 0 Å². The number of rotatable bonds is 2. The topological polar surface area (TPSA) is 58.9 Å². The SMILES string of the molecule is Cc1occc1-c1nc(C(C)C)cc(=O)[nH]1. The van der Waals surface area contributed by atoms with Crippen LogP contribution in [0.25, 0.3) is 11.4 Å². The lowest BCUT2D eigenvalue weighted by Gasteiger charge is -2.05. The lowest BCUT2D eigenvalue weighted by molar-refractivity contribution is 0.535. The molecule has 4 nitrogen and oxygen atoms in total. The number of aromatic nitrogens is 2. The van der Waals surface area contributed by atoms with Crippen LogP contribution in [-0.4, -0.2) is 9.97 Å². The van der Waals surface area contributed by atoms with E-state index >= 15 is 0 Å². The zero-order valence-electron chi connectivity index (χ0n) is 9.57. The summed E-state index contributed by atoms with van der Waals surface area (Å²) in [5, 5.41) is 0. The molecule has 0 aliphatic carbocycles. The van der Waals surface area contributed by atoms with Gasteiger partial charge in [-0.2, -0.15) is 0 Å². The monoisotopic (exact) mass is 218 g/mol. The smallest absolute Gasteiger partial charge is 0.251 e. The van der Waals surface area contributed by atoms with Gasteiger partial charge in [-0.1, -0.05) is 13.8 Å². The molecule has 0 fully saturated rings. The average molecular weight is 218 g/mol. The van der Waals surface area contributed by atoms with E-state index in [2.05, 4.69) is 9.97 Å². The molecule has 0 atom stereocenters. The summed E-state index contributed by atoms with van der Waals surface area (Å²) in [4.78, 5) is 18.6. The van der Waals surface area contributed by atoms with Crippen LogP contribution >= 0.6 is 0 Å². The maximum Gasteiger partial charge on any atom is 0.251 e. The lowest BCUT2D eigenvalue weighted by atomic mass is 10.1. The molecule has 0 aliphatic heterocycles. The van der Waals surface area contributed by atoms with Crippen LogP contribution in [0.5, 0.6) is 0 Å². The van der Waals surface area contributed by atoms with Gasteiger partial charge in [0.15, 0.2) is 0 Å². The first-order valence-corrected chi connectivity index (χ1v) is 5.23. The highest BCUT2D eigenvalue weighted by atomic mass is 16.3. The van der Waals surface area contributed by atoms with Gasteiger partial charge < -0.3 is 9.40 Å². The minimum Gasteiger partial charge on any atom is -0.469 e. The maximum atomic E-state index is 11.5. The summed E-state index contributed by atoms with van der Waals surface area (Å²) in [5.41, 5.74) is 1.49. The molecule has 4 heteroatoms. The van der Waals surface area contributed by atoms with Gasteiger partial charge >= 0.3 is 0 Å². The van der Waals surface area contributed by atoms with Crippen molar-refractivity contribution in [1.82, 2.24) is 9.97 Å². The number of furan rings is 1. The first-order chi connectivity index (χ1) is 7.58. The third kappa shape index (κ3) is 1.91. The highest BCUT2D eigenvalue weighted by Gasteiger charge is 2.10. The van der Waals surface area contributed by atoms with E-state index < -0.39 is 0 Å². The molecule has 0 aliphatic rings. The summed E-state index contributed by atoms with van der Waals surface area (Å²) in [6.45, 7) is 5.86. The summed E-state index contributed by atoms with van der Waals surface area (Å²) < 4.78 is 5.20. The van der Waals surface area contributed by atoms with Gasteiger partial charge in [-0.05, 0) is 18.9 Å². The number of hydrogen-bond acceptors (Lipinski definition) is 3. The van der Waals surface area contributed by atoms with Gasteiger partial charge in [-0.25, -0.2) is 4.98 Å². The molecular formula is C12H14N2O2. The van der Waals surface area contributed by atoms with Gasteiger partial charge in [0.2, 0.25) is 0 Å². The zero-order chi connectivity index (χ0) is 11.7. The Bertz CT molecular complexity index is 552. The van der Waals surface area contributed by atoms with Crippen LogP contribution in [0, 0.1) is 6.92 Å². The number of aryl methyl sites for hydroxylation is 1. The van der Waals surface area contributed by atoms with Gasteiger partial charge in [0.1, 0.15) is 11.6 Å². The summed E-state index contributed by atoms with van der Waals surface area (Å²) in [5.74, 6) is 1.56. The standard InChI is InChI=1S/C12H14N2O2/c1-7(2)10-6-11(15)14-12(13-10)9-4-5-16-8(9)3/h4-7H,1-3H3,(H,13,14,15). The average Bonchev–Trinajstić information content (AvgIpc) is 2.63. The van der Waals surface area contributed by atoms with Crippen LogP contribution in [0.3, 0.4) is 0 Å². The van der Waals surface area contributed by atoms with Crippen molar-refractivity contribution in [3.05, 3.63) is 40.2 Å². The van der Waals surface area contributed by atoms with Crippen LogP contribution in [0.1, 0.15) is 31.2 Å². The molecule has 16 heavy (non-hydrogen) atoms. The molecule has 0 unspecified atom stereocenters. The number of nitrogens with zero attached hydrogens (tertiary/aromatic N) is 1. The number of nitrogens with one attached hydrogen (secondary N) is 1. The first-order valence-electron chi connectivity index (χ1n) is 5.23. The number of hydrogen-bond donors (Lipinski definition) is 1. The first kappa shape index (κ1) is 10.7. The van der Waals surface area contributed by atoms with Crippen LogP contribution in [-0.2, 0) is 0 Å². The normalized spacial score (nSPS) is 11.0. The van der Waals surface area contributed by atoms with Crippen molar-refractivity contribution in [1.29, 1.82) is 0 Å². The molecule has 0 radical (unpaired) electrons. The van der Waals surface area contributed by atoms with E-state index in [1.165, 1.54) is 6.07 Å². The van der Waals surface area contributed by atoms with Crippen LogP contribution in [0.15, 0.2) is 27.6 Å². The van der Waals surface area contributed by atoms with Crippen molar-refractivity contribution in [3.63, 3.8) is 0 Å². The van der Waals surface area contributed by atoms with Crippen molar-refractivity contribution in [2.75, 3.05) is 0 Å². The second-order valence-electron chi connectivity index (χ2n) is 4.06. The summed E-state index contributed by atoms with van der Waals surface area (Å²) >= 11 is 0. The molecule has 2 rings (SSSR count). The quantitative estimate of drug-likeness (QED) is 0.842. The zero-order valence-corrected chi connectivity index (χ0v) is 9.57. The summed E-state index contributed by atoms with van der Waals surface area (Å²) in [7, 11) is 0. The van der Waals surface area contributed by atoms with Gasteiger partial charge in [0.05, 0.1) is 17.5 Å².